The van der Waals surface area contributed by atoms with Crippen LogP contribution in [0.3, 0.4) is 0 Å². The second kappa shape index (κ2) is 4.67. The van der Waals surface area contributed by atoms with Crippen LogP contribution in [0.5, 0.6) is 0 Å². The van der Waals surface area contributed by atoms with Crippen LogP contribution in [0.1, 0.15) is 11.3 Å². The Kier molecular flexibility index (Phi) is 3.26. The Morgan fingerprint density at radius 2 is 2.31 bits per heavy atom. The van der Waals surface area contributed by atoms with Crippen molar-refractivity contribution in [2.45, 2.75) is 23.6 Å². The van der Waals surface area contributed by atoms with Gasteiger partial charge in [-0.15, -0.1) is 0 Å². The number of aryl methyl sites for hydroxylation is 1. The zero-order valence-electron chi connectivity index (χ0n) is 8.74. The molecule has 0 saturated heterocycles. The minimum Gasteiger partial charge on any atom is -0.439 e. The number of nitrogens with zero attached hydrogens (tertiary/aromatic N) is 1. The van der Waals surface area contributed by atoms with Gasteiger partial charge in [0.05, 0.1) is 10.6 Å². The Morgan fingerprint density at radius 3 is 2.94 bits per heavy atom. The maximum atomic E-state index is 13.6. The normalized spacial score (nSPS) is 10.7. The van der Waals surface area contributed by atoms with Gasteiger partial charge in [-0.3, -0.25) is 0 Å². The first-order valence-electron chi connectivity index (χ1n) is 4.78. The maximum Gasteiger partial charge on any atom is 0.260 e. The molecule has 0 aliphatic carbocycles. The molecule has 0 bridgehead atoms. The van der Waals surface area contributed by atoms with Crippen molar-refractivity contribution in [2.24, 2.45) is 5.73 Å². The van der Waals surface area contributed by atoms with Gasteiger partial charge in [-0.1, -0.05) is 12.1 Å². The molecule has 5 heteroatoms. The Bertz CT molecular complexity index is 498. The van der Waals surface area contributed by atoms with Gasteiger partial charge in [-0.05, 0) is 30.3 Å². The molecule has 0 spiro atoms. The minimum absolute atomic E-state index is 0.291. The van der Waals surface area contributed by atoms with Gasteiger partial charge >= 0.3 is 0 Å². The van der Waals surface area contributed by atoms with E-state index in [1.165, 1.54) is 12.3 Å². The number of rotatable bonds is 3. The molecule has 0 unspecified atom stereocenters. The lowest BCUT2D eigenvalue weighted by atomic mass is 10.2. The summed E-state index contributed by atoms with van der Waals surface area (Å²) in [5.41, 5.74) is 7.07. The molecule has 2 N–H and O–H groups in total. The monoisotopic (exact) mass is 238 g/mol. The number of aromatic nitrogens is 1. The van der Waals surface area contributed by atoms with Gasteiger partial charge in [0.1, 0.15) is 12.1 Å². The molecule has 0 amide bonds. The molecule has 16 heavy (non-hydrogen) atoms. The fourth-order valence-corrected chi connectivity index (χ4v) is 2.20. The summed E-state index contributed by atoms with van der Waals surface area (Å²) >= 11 is 1.15. The molecule has 1 aromatic carbocycles. The van der Waals surface area contributed by atoms with Gasteiger partial charge < -0.3 is 10.2 Å². The quantitative estimate of drug-likeness (QED) is 0.893. The topological polar surface area (TPSA) is 52.0 Å². The molecule has 0 atom stereocenters. The van der Waals surface area contributed by atoms with Gasteiger partial charge in [0, 0.05) is 6.54 Å². The number of benzene rings is 1. The Balaban J connectivity index is 2.33. The summed E-state index contributed by atoms with van der Waals surface area (Å²) in [5, 5.41) is 0.428. The fourth-order valence-electron chi connectivity index (χ4n) is 1.30. The van der Waals surface area contributed by atoms with Gasteiger partial charge in [0.2, 0.25) is 0 Å². The smallest absolute Gasteiger partial charge is 0.260 e. The van der Waals surface area contributed by atoms with Crippen molar-refractivity contribution in [1.82, 2.24) is 4.98 Å². The molecule has 0 aliphatic heterocycles. The Morgan fingerprint density at radius 1 is 1.50 bits per heavy atom. The molecule has 1 heterocycles. The van der Waals surface area contributed by atoms with E-state index in [1.807, 2.05) is 6.92 Å². The summed E-state index contributed by atoms with van der Waals surface area (Å²) in [6.07, 6.45) is 1.53. The Hall–Kier alpha value is -1.33. The number of halogens is 1. The van der Waals surface area contributed by atoms with E-state index in [0.717, 1.165) is 23.0 Å². The molecule has 2 aromatic rings. The van der Waals surface area contributed by atoms with Crippen LogP contribution in [0.15, 0.2) is 39.0 Å². The highest BCUT2D eigenvalue weighted by molar-refractivity contribution is 7.99. The lowest BCUT2D eigenvalue weighted by molar-refractivity contribution is 0.453. The van der Waals surface area contributed by atoms with E-state index in [9.17, 15) is 4.39 Å². The van der Waals surface area contributed by atoms with Gasteiger partial charge in [0.25, 0.3) is 5.22 Å². The first kappa shape index (κ1) is 11.2. The zero-order chi connectivity index (χ0) is 11.5. The highest BCUT2D eigenvalue weighted by Gasteiger charge is 2.12. The van der Waals surface area contributed by atoms with E-state index in [1.54, 1.807) is 12.1 Å². The summed E-state index contributed by atoms with van der Waals surface area (Å²) in [7, 11) is 0. The molecular weight excluding hydrogens is 227 g/mol. The second-order valence-corrected chi connectivity index (χ2v) is 4.25. The highest BCUT2D eigenvalue weighted by atomic mass is 32.2. The highest BCUT2D eigenvalue weighted by Crippen LogP contribution is 2.31. The largest absolute Gasteiger partial charge is 0.439 e. The maximum absolute atomic E-state index is 13.6. The van der Waals surface area contributed by atoms with E-state index >= 15 is 0 Å². The van der Waals surface area contributed by atoms with Gasteiger partial charge in [-0.2, -0.15) is 0 Å². The second-order valence-electron chi connectivity index (χ2n) is 3.29. The molecule has 0 fully saturated rings. The van der Waals surface area contributed by atoms with Crippen LogP contribution in [-0.4, -0.2) is 4.98 Å². The van der Waals surface area contributed by atoms with E-state index in [2.05, 4.69) is 4.98 Å². The van der Waals surface area contributed by atoms with Crippen LogP contribution in [-0.2, 0) is 6.54 Å². The summed E-state index contributed by atoms with van der Waals surface area (Å²) in [6.45, 7) is 2.11. The van der Waals surface area contributed by atoms with E-state index in [4.69, 9.17) is 10.2 Å². The van der Waals surface area contributed by atoms with Crippen LogP contribution < -0.4 is 5.73 Å². The molecule has 0 saturated carbocycles. The summed E-state index contributed by atoms with van der Waals surface area (Å²) < 4.78 is 18.8. The van der Waals surface area contributed by atoms with Crippen LogP contribution in [0.25, 0.3) is 0 Å². The summed E-state index contributed by atoms with van der Waals surface area (Å²) in [4.78, 5) is 4.59. The van der Waals surface area contributed by atoms with Crippen molar-refractivity contribution in [3.8, 4) is 0 Å². The zero-order valence-corrected chi connectivity index (χ0v) is 9.55. The first-order chi connectivity index (χ1) is 7.70. The SMILES string of the molecule is Cc1coc(Sc2c(F)cccc2CN)n1. The predicted octanol–water partition coefficient (Wildman–Crippen LogP) is 2.73. The van der Waals surface area contributed by atoms with E-state index in [0.29, 0.717) is 16.7 Å². The van der Waals surface area contributed by atoms with Crippen LogP contribution in [0.2, 0.25) is 0 Å². The molecule has 0 radical (unpaired) electrons. The van der Waals surface area contributed by atoms with Crippen LogP contribution >= 0.6 is 11.8 Å². The third kappa shape index (κ3) is 2.25. The lowest BCUT2D eigenvalue weighted by Gasteiger charge is -2.05. The Labute approximate surface area is 96.9 Å². The third-order valence-electron chi connectivity index (χ3n) is 2.06. The van der Waals surface area contributed by atoms with Crippen molar-refractivity contribution in [3.05, 3.63) is 41.5 Å². The van der Waals surface area contributed by atoms with Crippen molar-refractivity contribution in [1.29, 1.82) is 0 Å². The molecule has 2 rings (SSSR count). The molecule has 3 nitrogen and oxygen atoms in total. The van der Waals surface area contributed by atoms with Gasteiger partial charge in [-0.25, -0.2) is 9.37 Å². The summed E-state index contributed by atoms with van der Waals surface area (Å²) in [5.74, 6) is -0.302. The number of nitrogens with two attached hydrogens (primary N) is 1. The van der Waals surface area contributed by atoms with Crippen LogP contribution in [0.4, 0.5) is 4.39 Å². The average molecular weight is 238 g/mol. The van der Waals surface area contributed by atoms with Crippen molar-refractivity contribution in [2.75, 3.05) is 0 Å². The molecule has 0 aliphatic rings. The fraction of sp³-hybridized carbons (Fsp3) is 0.182. The molecule has 1 aromatic heterocycles. The van der Waals surface area contributed by atoms with E-state index in [-0.39, 0.29) is 5.82 Å². The van der Waals surface area contributed by atoms with Crippen LogP contribution in [0, 0.1) is 12.7 Å². The van der Waals surface area contributed by atoms with Crippen molar-refractivity contribution in [3.63, 3.8) is 0 Å². The average Bonchev–Trinajstić information content (AvgIpc) is 2.67. The number of hydrogen-bond donors (Lipinski definition) is 1. The number of hydrogen-bond acceptors (Lipinski definition) is 4. The summed E-state index contributed by atoms with van der Waals surface area (Å²) in [6, 6.07) is 4.83. The first-order valence-corrected chi connectivity index (χ1v) is 5.60. The third-order valence-corrected chi connectivity index (χ3v) is 3.08. The standard InChI is InChI=1S/C11H11FN2OS/c1-7-6-15-11(14-7)16-10-8(5-13)3-2-4-9(10)12/h2-4,6H,5,13H2,1H3. The van der Waals surface area contributed by atoms with E-state index < -0.39 is 0 Å². The molecule has 84 valence electrons. The minimum atomic E-state index is -0.302. The van der Waals surface area contributed by atoms with Crippen molar-refractivity contribution >= 4 is 11.8 Å². The predicted molar refractivity (Wildman–Crippen MR) is 59.7 cm³/mol. The van der Waals surface area contributed by atoms with Crippen molar-refractivity contribution < 1.29 is 8.81 Å². The number of oxazole rings is 1. The lowest BCUT2D eigenvalue weighted by Crippen LogP contribution is -1.99. The molecular formula is C11H11FN2OS. The van der Waals surface area contributed by atoms with Gasteiger partial charge in [0.15, 0.2) is 0 Å².